The summed E-state index contributed by atoms with van der Waals surface area (Å²) in [5.41, 5.74) is 0. The molecule has 8 nitrogen and oxygen atoms in total. The van der Waals surface area contributed by atoms with Gasteiger partial charge in [-0.25, -0.2) is 0 Å². The van der Waals surface area contributed by atoms with Gasteiger partial charge >= 0.3 is 0 Å². The number of rotatable bonds is 70. The second-order valence-corrected chi connectivity index (χ2v) is 28.4. The Bertz CT molecular complexity index is 1280. The zero-order valence-electron chi connectivity index (χ0n) is 55.8. The fourth-order valence-corrected chi connectivity index (χ4v) is 12.6. The zero-order chi connectivity index (χ0) is 59.1. The minimum Gasteiger partial charge on any atom is -0.756 e. The highest BCUT2D eigenvalue weighted by Crippen LogP contribution is 2.38. The number of hydrogen-bond acceptors (Lipinski definition) is 6. The largest absolute Gasteiger partial charge is 0.756 e. The number of likely N-dealkylation sites (N-methyl/N-ethyl adjacent to an activating group) is 1. The third-order valence-corrected chi connectivity index (χ3v) is 18.6. The lowest BCUT2D eigenvalue weighted by molar-refractivity contribution is -0.870. The number of nitrogens with one attached hydrogen (secondary N) is 1. The number of hydrogen-bond donors (Lipinski definition) is 2. The van der Waals surface area contributed by atoms with Gasteiger partial charge in [0, 0.05) is 6.42 Å². The summed E-state index contributed by atoms with van der Waals surface area (Å²) < 4.78 is 23.6. The van der Waals surface area contributed by atoms with Gasteiger partial charge in [-0.1, -0.05) is 386 Å². The van der Waals surface area contributed by atoms with E-state index in [1.165, 1.54) is 340 Å². The highest BCUT2D eigenvalue weighted by atomic mass is 31.2. The molecule has 486 valence electrons. The van der Waals surface area contributed by atoms with E-state index in [0.717, 1.165) is 38.5 Å². The molecule has 0 radical (unpaired) electrons. The number of carbonyl (C=O) groups is 1. The number of phosphoric acid groups is 1. The molecule has 3 unspecified atom stereocenters. The first-order chi connectivity index (χ1) is 39.5. The molecule has 0 spiro atoms. The Hall–Kier alpha value is -0.500. The molecule has 0 rings (SSSR count). The number of quaternary nitrogens is 1. The summed E-state index contributed by atoms with van der Waals surface area (Å²) in [5.74, 6) is -0.153. The standard InChI is InChI=1S/C72H147N2O6P/c1-6-8-10-12-14-16-18-20-22-24-26-28-30-32-34-36-38-40-42-44-46-48-50-52-54-56-58-60-62-64-66-72(76)73-70(69-80-81(77,78)79-68-67-74(3,4)5)71(75)65-63-61-59-57-55-53-51-49-47-45-43-41-39-37-35-33-31-29-27-25-23-21-19-17-15-13-11-9-7-2/h70-71,75H,6-69H2,1-5H3,(H-,73,76,77,78). The quantitative estimate of drug-likeness (QED) is 0.0357. The summed E-state index contributed by atoms with van der Waals surface area (Å²) in [6, 6.07) is -0.797. The van der Waals surface area contributed by atoms with Crippen molar-refractivity contribution >= 4 is 13.7 Å². The first kappa shape index (κ1) is 80.5. The number of unbranched alkanes of at least 4 members (excludes halogenated alkanes) is 57. The summed E-state index contributed by atoms with van der Waals surface area (Å²) in [4.78, 5) is 25.7. The van der Waals surface area contributed by atoms with E-state index in [-0.39, 0.29) is 19.1 Å². The van der Waals surface area contributed by atoms with E-state index < -0.39 is 20.0 Å². The van der Waals surface area contributed by atoms with Crippen molar-refractivity contribution < 1.29 is 32.9 Å². The lowest BCUT2D eigenvalue weighted by Crippen LogP contribution is -2.46. The molecule has 0 saturated carbocycles. The van der Waals surface area contributed by atoms with Crippen LogP contribution in [0.4, 0.5) is 0 Å². The molecule has 2 N–H and O–H groups in total. The van der Waals surface area contributed by atoms with Gasteiger partial charge in [0.25, 0.3) is 7.82 Å². The van der Waals surface area contributed by atoms with Crippen LogP contribution in [-0.4, -0.2) is 68.5 Å². The van der Waals surface area contributed by atoms with Gasteiger partial charge in [0.15, 0.2) is 0 Å². The van der Waals surface area contributed by atoms with Crippen LogP contribution in [0.1, 0.15) is 406 Å². The monoisotopic (exact) mass is 1170 g/mol. The van der Waals surface area contributed by atoms with E-state index in [4.69, 9.17) is 9.05 Å². The molecular weight excluding hydrogens is 1020 g/mol. The van der Waals surface area contributed by atoms with E-state index >= 15 is 0 Å². The Morgan fingerprint density at radius 3 is 0.840 bits per heavy atom. The molecule has 0 heterocycles. The molecule has 0 bridgehead atoms. The average Bonchev–Trinajstić information content (AvgIpc) is 3.43. The van der Waals surface area contributed by atoms with Gasteiger partial charge in [0.1, 0.15) is 13.2 Å². The Labute approximate surface area is 508 Å². The van der Waals surface area contributed by atoms with E-state index in [1.807, 2.05) is 21.1 Å². The number of phosphoric ester groups is 1. The van der Waals surface area contributed by atoms with Crippen LogP contribution in [0.15, 0.2) is 0 Å². The Balaban J connectivity index is 3.95. The zero-order valence-corrected chi connectivity index (χ0v) is 56.7. The maximum Gasteiger partial charge on any atom is 0.268 e. The Morgan fingerprint density at radius 1 is 0.383 bits per heavy atom. The summed E-state index contributed by atoms with van der Waals surface area (Å²) in [6.45, 7) is 4.81. The Morgan fingerprint density at radius 2 is 0.605 bits per heavy atom. The van der Waals surface area contributed by atoms with Gasteiger partial charge in [0.05, 0.1) is 39.9 Å². The number of carbonyl (C=O) groups excluding carboxylic acids is 1. The predicted molar refractivity (Wildman–Crippen MR) is 353 cm³/mol. The SMILES string of the molecule is CCCCCCCCCCCCCCCCCCCCCCCCCCCCCCCCC(=O)NC(COP(=O)([O-])OCC[N+](C)(C)C)C(O)CCCCCCCCCCCCCCCCCCCCCCCCCCCCCCC. The Kier molecular flexibility index (Phi) is 63.6. The third kappa shape index (κ3) is 66.9. The van der Waals surface area contributed by atoms with E-state index in [9.17, 15) is 19.4 Å². The van der Waals surface area contributed by atoms with E-state index in [0.29, 0.717) is 23.9 Å². The van der Waals surface area contributed by atoms with Gasteiger partial charge in [-0.2, -0.15) is 0 Å². The molecule has 0 aliphatic heterocycles. The summed E-state index contributed by atoms with van der Waals surface area (Å²) in [7, 11) is 1.33. The molecule has 0 aromatic heterocycles. The van der Waals surface area contributed by atoms with Crippen molar-refractivity contribution in [3.05, 3.63) is 0 Å². The number of nitrogens with zero attached hydrogens (tertiary/aromatic N) is 1. The van der Waals surface area contributed by atoms with Gasteiger partial charge in [-0.15, -0.1) is 0 Å². The average molecular weight is 1170 g/mol. The minimum atomic E-state index is -4.58. The second kappa shape index (κ2) is 64.0. The first-order valence-corrected chi connectivity index (χ1v) is 38.3. The number of amides is 1. The second-order valence-electron chi connectivity index (χ2n) is 27.0. The van der Waals surface area contributed by atoms with E-state index in [1.54, 1.807) is 0 Å². The van der Waals surface area contributed by atoms with Crippen LogP contribution in [0.25, 0.3) is 0 Å². The highest BCUT2D eigenvalue weighted by molar-refractivity contribution is 7.45. The van der Waals surface area contributed by atoms with Crippen molar-refractivity contribution in [3.63, 3.8) is 0 Å². The fourth-order valence-electron chi connectivity index (χ4n) is 11.9. The van der Waals surface area contributed by atoms with Crippen molar-refractivity contribution in [1.29, 1.82) is 0 Å². The molecular formula is C72H147N2O6P. The van der Waals surface area contributed by atoms with Crippen LogP contribution in [0.5, 0.6) is 0 Å². The maximum absolute atomic E-state index is 13.1. The van der Waals surface area contributed by atoms with Gasteiger partial charge < -0.3 is 28.8 Å². The molecule has 1 amide bonds. The van der Waals surface area contributed by atoms with Crippen molar-refractivity contribution in [2.75, 3.05) is 40.9 Å². The number of aliphatic hydroxyl groups excluding tert-OH is 1. The van der Waals surface area contributed by atoms with Crippen molar-refractivity contribution in [2.24, 2.45) is 0 Å². The van der Waals surface area contributed by atoms with Crippen LogP contribution in [0.2, 0.25) is 0 Å². The molecule has 0 fully saturated rings. The fraction of sp³-hybridized carbons (Fsp3) is 0.986. The van der Waals surface area contributed by atoms with Crippen LogP contribution in [0.3, 0.4) is 0 Å². The first-order valence-electron chi connectivity index (χ1n) is 36.9. The maximum atomic E-state index is 13.1. The predicted octanol–water partition coefficient (Wildman–Crippen LogP) is 22.9. The molecule has 3 atom stereocenters. The number of aliphatic hydroxyl groups is 1. The van der Waals surface area contributed by atoms with Gasteiger partial charge in [0.2, 0.25) is 5.91 Å². The van der Waals surface area contributed by atoms with E-state index in [2.05, 4.69) is 19.2 Å². The molecule has 81 heavy (non-hydrogen) atoms. The molecule has 0 aromatic carbocycles. The molecule has 9 heteroatoms. The molecule has 0 saturated heterocycles. The molecule has 0 aromatic rings. The third-order valence-electron chi connectivity index (χ3n) is 17.6. The summed E-state index contributed by atoms with van der Waals surface area (Å²) in [6.07, 6.45) is 80.6. The van der Waals surface area contributed by atoms with Crippen molar-refractivity contribution in [3.8, 4) is 0 Å². The van der Waals surface area contributed by atoms with Crippen molar-refractivity contribution in [1.82, 2.24) is 5.32 Å². The molecule has 0 aliphatic rings. The smallest absolute Gasteiger partial charge is 0.268 e. The summed E-state index contributed by atoms with van der Waals surface area (Å²) in [5, 5.41) is 14.1. The van der Waals surface area contributed by atoms with Gasteiger partial charge in [-0.05, 0) is 12.8 Å². The van der Waals surface area contributed by atoms with Crippen LogP contribution in [-0.2, 0) is 18.4 Å². The topological polar surface area (TPSA) is 108 Å². The van der Waals surface area contributed by atoms with Gasteiger partial charge in [-0.3, -0.25) is 9.36 Å². The lowest BCUT2D eigenvalue weighted by atomic mass is 10.0. The van der Waals surface area contributed by atoms with Crippen molar-refractivity contribution in [2.45, 2.75) is 418 Å². The highest BCUT2D eigenvalue weighted by Gasteiger charge is 2.24. The lowest BCUT2D eigenvalue weighted by Gasteiger charge is -2.30. The van der Waals surface area contributed by atoms with Crippen LogP contribution < -0.4 is 10.2 Å². The molecule has 0 aliphatic carbocycles. The normalized spacial score (nSPS) is 13.5. The van der Waals surface area contributed by atoms with Crippen LogP contribution >= 0.6 is 7.82 Å². The van der Waals surface area contributed by atoms with Crippen LogP contribution in [0, 0.1) is 0 Å². The minimum absolute atomic E-state index is 0.0171. The summed E-state index contributed by atoms with van der Waals surface area (Å²) >= 11 is 0.